The van der Waals surface area contributed by atoms with Crippen LogP contribution in [0.3, 0.4) is 0 Å². The van der Waals surface area contributed by atoms with Crippen molar-refractivity contribution >= 4 is 12.2 Å². The van der Waals surface area contributed by atoms with Crippen LogP contribution < -0.4 is 10.6 Å². The molecule has 1 aromatic rings. The van der Waals surface area contributed by atoms with Gasteiger partial charge in [0.25, 0.3) is 0 Å². The molecule has 0 aliphatic carbocycles. The zero-order valence-corrected chi connectivity index (χ0v) is 10.6. The number of hydrogen-bond donors (Lipinski definition) is 0. The van der Waals surface area contributed by atoms with Crippen LogP contribution in [0, 0.1) is 6.92 Å². The van der Waals surface area contributed by atoms with E-state index in [4.69, 9.17) is 0 Å². The molecule has 1 heterocycles. The summed E-state index contributed by atoms with van der Waals surface area (Å²) >= 11 is 0. The fourth-order valence-corrected chi connectivity index (χ4v) is 2.16. The fourth-order valence-electron chi connectivity index (χ4n) is 2.16. The first-order valence-corrected chi connectivity index (χ1v) is 5.77. The predicted octanol–water partition coefficient (Wildman–Crippen LogP) is 2.22. The van der Waals surface area contributed by atoms with Crippen LogP contribution in [0.1, 0.15) is 24.6 Å². The van der Waals surface area contributed by atoms with E-state index in [1.165, 1.54) is 28.2 Å². The third-order valence-electron chi connectivity index (χ3n) is 2.93. The van der Waals surface area contributed by atoms with Crippen molar-refractivity contribution in [1.29, 1.82) is 0 Å². The molecule has 0 atom stereocenters. The van der Waals surface area contributed by atoms with E-state index in [-0.39, 0.29) is 0 Å². The van der Waals surface area contributed by atoms with Gasteiger partial charge in [0.15, 0.2) is 0 Å². The summed E-state index contributed by atoms with van der Waals surface area (Å²) in [6, 6.07) is 0. The molecule has 0 fully saturated rings. The molecule has 86 valence electrons. The third-order valence-corrected chi connectivity index (χ3v) is 2.93. The molecule has 1 rings (SSSR count). The van der Waals surface area contributed by atoms with Gasteiger partial charge in [-0.1, -0.05) is 44.7 Å². The average Bonchev–Trinajstić information content (AvgIpc) is 2.47. The van der Waals surface area contributed by atoms with E-state index >= 15 is 0 Å². The van der Waals surface area contributed by atoms with Crippen LogP contribution in [0.25, 0.3) is 12.2 Å². The molecule has 1 heteroatoms. The van der Waals surface area contributed by atoms with E-state index in [1.807, 2.05) is 12.2 Å². The van der Waals surface area contributed by atoms with Crippen molar-refractivity contribution in [2.45, 2.75) is 26.7 Å². The van der Waals surface area contributed by atoms with Crippen molar-refractivity contribution in [1.82, 2.24) is 4.57 Å². The molecule has 0 saturated heterocycles. The smallest absolute Gasteiger partial charge is 0.0482 e. The van der Waals surface area contributed by atoms with Gasteiger partial charge in [-0.25, -0.2) is 0 Å². The highest BCUT2D eigenvalue weighted by Crippen LogP contribution is 2.03. The average molecular weight is 215 g/mol. The van der Waals surface area contributed by atoms with Crippen molar-refractivity contribution < 1.29 is 0 Å². The second-order valence-corrected chi connectivity index (χ2v) is 3.98. The Morgan fingerprint density at radius 3 is 2.31 bits per heavy atom. The maximum absolute atomic E-state index is 3.78. The maximum atomic E-state index is 3.78. The van der Waals surface area contributed by atoms with Crippen LogP contribution in [0.2, 0.25) is 0 Å². The fraction of sp³-hybridized carbons (Fsp3) is 0.333. The lowest BCUT2D eigenvalue weighted by atomic mass is 10.1. The molecule has 16 heavy (non-hydrogen) atoms. The summed E-state index contributed by atoms with van der Waals surface area (Å²) in [6.45, 7) is 11.9. The highest BCUT2D eigenvalue weighted by atomic mass is 14.9. The van der Waals surface area contributed by atoms with E-state index in [1.54, 1.807) is 0 Å². The minimum atomic E-state index is 1.12. The molecule has 1 nitrogen and oxygen atoms in total. The molecule has 0 aliphatic heterocycles. The minimum Gasteiger partial charge on any atom is -0.347 e. The maximum Gasteiger partial charge on any atom is 0.0482 e. The van der Waals surface area contributed by atoms with Crippen LogP contribution in [0.5, 0.6) is 0 Å². The number of nitrogens with zero attached hydrogens (tertiary/aromatic N) is 1. The van der Waals surface area contributed by atoms with Crippen molar-refractivity contribution in [3.8, 4) is 0 Å². The molecule has 0 amide bonds. The zero-order chi connectivity index (χ0) is 12.1. The predicted molar refractivity (Wildman–Crippen MR) is 72.7 cm³/mol. The van der Waals surface area contributed by atoms with Gasteiger partial charge in [0.2, 0.25) is 0 Å². The number of hydrogen-bond acceptors (Lipinski definition) is 0. The quantitative estimate of drug-likeness (QED) is 0.726. The zero-order valence-electron chi connectivity index (χ0n) is 10.6. The van der Waals surface area contributed by atoms with Crippen molar-refractivity contribution in [3.05, 3.63) is 47.1 Å². The van der Waals surface area contributed by atoms with Gasteiger partial charge in [0.1, 0.15) is 0 Å². The largest absolute Gasteiger partial charge is 0.347 e. The Hall–Kier alpha value is -1.50. The lowest BCUT2D eigenvalue weighted by Crippen LogP contribution is -2.28. The number of aromatic nitrogens is 1. The van der Waals surface area contributed by atoms with E-state index < -0.39 is 0 Å². The normalized spacial score (nSPS) is 13.2. The van der Waals surface area contributed by atoms with Crippen LogP contribution in [0.15, 0.2) is 25.3 Å². The Morgan fingerprint density at radius 2 is 1.81 bits per heavy atom. The number of rotatable bonds is 4. The summed E-state index contributed by atoms with van der Waals surface area (Å²) in [5.74, 6) is 0. The first-order chi connectivity index (χ1) is 7.67. The first kappa shape index (κ1) is 12.6. The van der Waals surface area contributed by atoms with Gasteiger partial charge in [0.05, 0.1) is 0 Å². The molecule has 0 spiro atoms. The van der Waals surface area contributed by atoms with E-state index in [0.717, 1.165) is 6.42 Å². The lowest BCUT2D eigenvalue weighted by molar-refractivity contribution is 0.766. The van der Waals surface area contributed by atoms with E-state index in [2.05, 4.69) is 50.8 Å². The third kappa shape index (κ3) is 2.19. The molecule has 0 unspecified atom stereocenters. The molecule has 0 radical (unpaired) electrons. The van der Waals surface area contributed by atoms with E-state index in [9.17, 15) is 0 Å². The monoisotopic (exact) mass is 215 g/mol. The minimum absolute atomic E-state index is 1.12. The Bertz CT molecular complexity index is 457. The Morgan fingerprint density at radius 1 is 1.19 bits per heavy atom. The van der Waals surface area contributed by atoms with Crippen LogP contribution in [-0.4, -0.2) is 4.57 Å². The summed E-state index contributed by atoms with van der Waals surface area (Å²) in [4.78, 5) is 0. The topological polar surface area (TPSA) is 4.93 Å². The molecular formula is C15H21N. The van der Waals surface area contributed by atoms with Gasteiger partial charge < -0.3 is 4.57 Å². The number of allylic oxidation sites excluding steroid dienone is 2. The molecule has 1 aromatic heterocycles. The Labute approximate surface area is 98.1 Å². The SMILES string of the molecule is C=C/C=c1/c(C)c(CCC)n(C)/c1=C/C=C. The highest BCUT2D eigenvalue weighted by molar-refractivity contribution is 5.45. The lowest BCUT2D eigenvalue weighted by Gasteiger charge is -2.02. The van der Waals surface area contributed by atoms with Gasteiger partial charge in [-0.05, 0) is 25.0 Å². The van der Waals surface area contributed by atoms with Gasteiger partial charge in [-0.3, -0.25) is 0 Å². The Kier molecular flexibility index (Phi) is 4.36. The van der Waals surface area contributed by atoms with Crippen LogP contribution in [0.4, 0.5) is 0 Å². The molecule has 0 saturated carbocycles. The van der Waals surface area contributed by atoms with Crippen LogP contribution in [-0.2, 0) is 13.5 Å². The molecule has 0 aliphatic rings. The van der Waals surface area contributed by atoms with Crippen LogP contribution >= 0.6 is 0 Å². The molecule has 0 aromatic carbocycles. The Balaban J connectivity index is 3.66. The van der Waals surface area contributed by atoms with Crippen molar-refractivity contribution in [2.24, 2.45) is 7.05 Å². The molecule has 0 bridgehead atoms. The van der Waals surface area contributed by atoms with Crippen molar-refractivity contribution in [3.63, 3.8) is 0 Å². The first-order valence-electron chi connectivity index (χ1n) is 5.77. The van der Waals surface area contributed by atoms with E-state index in [0.29, 0.717) is 0 Å². The summed E-state index contributed by atoms with van der Waals surface area (Å²) in [6.07, 6.45) is 10.1. The van der Waals surface area contributed by atoms with Gasteiger partial charge in [0, 0.05) is 23.3 Å². The summed E-state index contributed by atoms with van der Waals surface area (Å²) in [5, 5.41) is 2.48. The summed E-state index contributed by atoms with van der Waals surface area (Å²) < 4.78 is 2.26. The van der Waals surface area contributed by atoms with Gasteiger partial charge in [-0.2, -0.15) is 0 Å². The second kappa shape index (κ2) is 5.55. The molecule has 0 N–H and O–H groups in total. The highest BCUT2D eigenvalue weighted by Gasteiger charge is 2.06. The van der Waals surface area contributed by atoms with Gasteiger partial charge in [-0.15, -0.1) is 0 Å². The summed E-state index contributed by atoms with van der Waals surface area (Å²) in [7, 11) is 2.12. The van der Waals surface area contributed by atoms with Crippen molar-refractivity contribution in [2.75, 3.05) is 0 Å². The van der Waals surface area contributed by atoms with Gasteiger partial charge >= 0.3 is 0 Å². The summed E-state index contributed by atoms with van der Waals surface area (Å²) in [5.41, 5.74) is 2.76. The standard InChI is InChI=1S/C15H21N/c1-6-9-13-12(4)14(10-7-2)16(5)15(13)11-8-3/h6,8-9,11H,1,3,7,10H2,2,4-5H3/b13-9-,15-11+. The molecular weight excluding hydrogens is 194 g/mol. The second-order valence-electron chi connectivity index (χ2n) is 3.98.